The zero-order chi connectivity index (χ0) is 13.4. The monoisotopic (exact) mass is 251 g/mol. The summed E-state index contributed by atoms with van der Waals surface area (Å²) in [4.78, 5) is 11.9. The van der Waals surface area contributed by atoms with Gasteiger partial charge in [0.1, 0.15) is 11.3 Å². The molecule has 0 atom stereocenters. The molecule has 0 saturated heterocycles. The number of nitrogens with two attached hydrogens (primary N) is 1. The van der Waals surface area contributed by atoms with E-state index >= 15 is 0 Å². The number of carbonyl (C=O) groups excluding carboxylic acids is 1. The Balaban J connectivity index is 2.71. The SMILES string of the molecule is CCCCCOC(=O)c1c(N)cccc1OCC. The van der Waals surface area contributed by atoms with Gasteiger partial charge in [-0.15, -0.1) is 0 Å². The summed E-state index contributed by atoms with van der Waals surface area (Å²) in [5.41, 5.74) is 6.52. The Bertz CT molecular complexity index is 391. The van der Waals surface area contributed by atoms with Crippen LogP contribution < -0.4 is 10.5 Å². The molecule has 18 heavy (non-hydrogen) atoms. The topological polar surface area (TPSA) is 61.5 Å². The van der Waals surface area contributed by atoms with Gasteiger partial charge in [-0.25, -0.2) is 4.79 Å². The van der Waals surface area contributed by atoms with Crippen molar-refractivity contribution in [3.63, 3.8) is 0 Å². The zero-order valence-electron chi connectivity index (χ0n) is 11.1. The second kappa shape index (κ2) is 7.58. The Morgan fingerprint density at radius 2 is 2.06 bits per heavy atom. The van der Waals surface area contributed by atoms with Crippen LogP contribution in [0.5, 0.6) is 5.75 Å². The highest BCUT2D eigenvalue weighted by Gasteiger charge is 2.17. The molecule has 0 unspecified atom stereocenters. The summed E-state index contributed by atoms with van der Waals surface area (Å²) in [6.45, 7) is 4.87. The highest BCUT2D eigenvalue weighted by molar-refractivity contribution is 5.98. The Kier molecular flexibility index (Phi) is 6.05. The molecule has 0 radical (unpaired) electrons. The predicted octanol–water partition coefficient (Wildman–Crippen LogP) is 3.01. The third kappa shape index (κ3) is 3.95. The highest BCUT2D eigenvalue weighted by atomic mass is 16.5. The Morgan fingerprint density at radius 3 is 2.72 bits per heavy atom. The summed E-state index contributed by atoms with van der Waals surface area (Å²) in [6.07, 6.45) is 3.02. The van der Waals surface area contributed by atoms with Crippen molar-refractivity contribution in [3.05, 3.63) is 23.8 Å². The first-order valence-corrected chi connectivity index (χ1v) is 6.39. The molecule has 100 valence electrons. The van der Waals surface area contributed by atoms with Gasteiger partial charge >= 0.3 is 5.97 Å². The molecule has 0 aliphatic rings. The molecule has 4 heteroatoms. The molecule has 0 aromatic heterocycles. The number of hydrogen-bond donors (Lipinski definition) is 1. The molecule has 0 aliphatic carbocycles. The molecule has 0 bridgehead atoms. The number of hydrogen-bond acceptors (Lipinski definition) is 4. The van der Waals surface area contributed by atoms with Crippen LogP contribution >= 0.6 is 0 Å². The summed E-state index contributed by atoms with van der Waals surface area (Å²) in [5, 5.41) is 0. The highest BCUT2D eigenvalue weighted by Crippen LogP contribution is 2.25. The number of nitrogen functional groups attached to an aromatic ring is 1. The van der Waals surface area contributed by atoms with Gasteiger partial charge < -0.3 is 15.2 Å². The predicted molar refractivity (Wildman–Crippen MR) is 71.8 cm³/mol. The molecule has 1 aromatic rings. The van der Waals surface area contributed by atoms with Crippen molar-refractivity contribution >= 4 is 11.7 Å². The van der Waals surface area contributed by atoms with Gasteiger partial charge in [0.2, 0.25) is 0 Å². The molecule has 1 rings (SSSR count). The number of anilines is 1. The standard InChI is InChI=1S/C14H21NO3/c1-3-5-6-10-18-14(16)13-11(15)8-7-9-12(13)17-4-2/h7-9H,3-6,10,15H2,1-2H3. The molecule has 0 saturated carbocycles. The van der Waals surface area contributed by atoms with Crippen LogP contribution in [0.1, 0.15) is 43.5 Å². The third-order valence-electron chi connectivity index (χ3n) is 2.54. The number of esters is 1. The number of ether oxygens (including phenoxy) is 2. The minimum absolute atomic E-state index is 0.329. The molecule has 0 spiro atoms. The van der Waals surface area contributed by atoms with Crippen LogP contribution in [-0.4, -0.2) is 19.2 Å². The van der Waals surface area contributed by atoms with Gasteiger partial charge in [0, 0.05) is 5.69 Å². The Morgan fingerprint density at radius 1 is 1.28 bits per heavy atom. The lowest BCUT2D eigenvalue weighted by Crippen LogP contribution is -2.11. The van der Waals surface area contributed by atoms with Gasteiger partial charge in [0.25, 0.3) is 0 Å². The number of benzene rings is 1. The Labute approximate surface area is 108 Å². The fourth-order valence-corrected chi connectivity index (χ4v) is 1.63. The quantitative estimate of drug-likeness (QED) is 0.459. The molecule has 0 fully saturated rings. The van der Waals surface area contributed by atoms with E-state index in [1.54, 1.807) is 18.2 Å². The molecule has 0 heterocycles. The van der Waals surface area contributed by atoms with E-state index in [9.17, 15) is 4.79 Å². The van der Waals surface area contributed by atoms with E-state index in [-0.39, 0.29) is 0 Å². The van der Waals surface area contributed by atoms with Crippen LogP contribution in [0.15, 0.2) is 18.2 Å². The minimum atomic E-state index is -0.410. The average Bonchev–Trinajstić information content (AvgIpc) is 2.35. The van der Waals surface area contributed by atoms with Crippen molar-refractivity contribution in [1.29, 1.82) is 0 Å². The van der Waals surface area contributed by atoms with Gasteiger partial charge in [0.05, 0.1) is 13.2 Å². The first-order valence-electron chi connectivity index (χ1n) is 6.39. The van der Waals surface area contributed by atoms with E-state index in [1.807, 2.05) is 6.92 Å². The summed E-state index contributed by atoms with van der Waals surface area (Å²) >= 11 is 0. The molecule has 4 nitrogen and oxygen atoms in total. The van der Waals surface area contributed by atoms with Gasteiger partial charge in [-0.1, -0.05) is 25.8 Å². The number of unbranched alkanes of at least 4 members (excludes halogenated alkanes) is 2. The van der Waals surface area contributed by atoms with E-state index in [4.69, 9.17) is 15.2 Å². The van der Waals surface area contributed by atoms with Crippen molar-refractivity contribution in [2.45, 2.75) is 33.1 Å². The third-order valence-corrected chi connectivity index (χ3v) is 2.54. The smallest absolute Gasteiger partial charge is 0.344 e. The first kappa shape index (κ1) is 14.4. The van der Waals surface area contributed by atoms with Crippen LogP contribution in [0.2, 0.25) is 0 Å². The van der Waals surface area contributed by atoms with Crippen molar-refractivity contribution in [2.75, 3.05) is 18.9 Å². The largest absolute Gasteiger partial charge is 0.493 e. The summed E-state index contributed by atoms with van der Waals surface area (Å²) in [5.74, 6) is 0.0747. The molecular formula is C14H21NO3. The van der Waals surface area contributed by atoms with Crippen LogP contribution in [-0.2, 0) is 4.74 Å². The fraction of sp³-hybridized carbons (Fsp3) is 0.500. The minimum Gasteiger partial charge on any atom is -0.493 e. The van der Waals surface area contributed by atoms with Crippen LogP contribution in [0.25, 0.3) is 0 Å². The van der Waals surface area contributed by atoms with Gasteiger partial charge in [0.15, 0.2) is 0 Å². The molecule has 0 aliphatic heterocycles. The van der Waals surface area contributed by atoms with E-state index in [1.165, 1.54) is 0 Å². The fourth-order valence-electron chi connectivity index (χ4n) is 1.63. The van der Waals surface area contributed by atoms with Crippen LogP contribution in [0.4, 0.5) is 5.69 Å². The van der Waals surface area contributed by atoms with Gasteiger partial charge in [-0.05, 0) is 25.5 Å². The second-order valence-corrected chi connectivity index (χ2v) is 4.00. The van der Waals surface area contributed by atoms with E-state index in [0.717, 1.165) is 19.3 Å². The molecular weight excluding hydrogens is 230 g/mol. The lowest BCUT2D eigenvalue weighted by Gasteiger charge is -2.12. The van der Waals surface area contributed by atoms with Gasteiger partial charge in [-0.3, -0.25) is 0 Å². The van der Waals surface area contributed by atoms with E-state index in [2.05, 4.69) is 6.92 Å². The molecule has 1 aromatic carbocycles. The molecule has 0 amide bonds. The maximum atomic E-state index is 11.9. The van der Waals surface area contributed by atoms with Crippen molar-refractivity contribution < 1.29 is 14.3 Å². The first-order chi connectivity index (χ1) is 8.70. The van der Waals surface area contributed by atoms with Crippen LogP contribution in [0, 0.1) is 0 Å². The summed E-state index contributed by atoms with van der Waals surface area (Å²) < 4.78 is 10.6. The van der Waals surface area contributed by atoms with Crippen molar-refractivity contribution in [3.8, 4) is 5.75 Å². The Hall–Kier alpha value is -1.71. The maximum absolute atomic E-state index is 11.9. The zero-order valence-corrected chi connectivity index (χ0v) is 11.1. The normalized spacial score (nSPS) is 10.1. The van der Waals surface area contributed by atoms with Crippen LogP contribution in [0.3, 0.4) is 0 Å². The second-order valence-electron chi connectivity index (χ2n) is 4.00. The number of rotatable bonds is 7. The van der Waals surface area contributed by atoms with E-state index < -0.39 is 5.97 Å². The van der Waals surface area contributed by atoms with Gasteiger partial charge in [-0.2, -0.15) is 0 Å². The van der Waals surface area contributed by atoms with Crippen molar-refractivity contribution in [2.24, 2.45) is 0 Å². The average molecular weight is 251 g/mol. The summed E-state index contributed by atoms with van der Waals surface area (Å²) in [7, 11) is 0. The lowest BCUT2D eigenvalue weighted by atomic mass is 10.1. The van der Waals surface area contributed by atoms with E-state index in [0.29, 0.717) is 30.2 Å². The molecule has 2 N–H and O–H groups in total. The lowest BCUT2D eigenvalue weighted by molar-refractivity contribution is 0.0495. The van der Waals surface area contributed by atoms with Crippen molar-refractivity contribution in [1.82, 2.24) is 0 Å². The summed E-state index contributed by atoms with van der Waals surface area (Å²) in [6, 6.07) is 5.15. The number of carbonyl (C=O) groups is 1. The maximum Gasteiger partial charge on any atom is 0.344 e.